The van der Waals surface area contributed by atoms with Gasteiger partial charge >= 0.3 is 0 Å². The minimum Gasteiger partial charge on any atom is -0.365 e. The van der Waals surface area contributed by atoms with Gasteiger partial charge < -0.3 is 11.1 Å². The Labute approximate surface area is 77.6 Å². The third-order valence-electron chi connectivity index (χ3n) is 2.50. The van der Waals surface area contributed by atoms with Gasteiger partial charge in [-0.1, -0.05) is 0 Å². The smallest absolute Gasteiger partial charge is 0.132 e. The number of rotatable bonds is 2. The van der Waals surface area contributed by atoms with Gasteiger partial charge in [0.1, 0.15) is 12.1 Å². The topological polar surface area (TPSA) is 63.8 Å². The molecular weight excluding hydrogens is 164 g/mol. The van der Waals surface area contributed by atoms with Gasteiger partial charge in [0.05, 0.1) is 0 Å². The molecule has 0 aromatic carbocycles. The van der Waals surface area contributed by atoms with Gasteiger partial charge in [-0.3, -0.25) is 0 Å². The van der Waals surface area contributed by atoms with E-state index in [9.17, 15) is 0 Å². The molecule has 4 nitrogen and oxygen atoms in total. The lowest BCUT2D eigenvalue weighted by atomic mass is 10.2. The zero-order chi connectivity index (χ0) is 9.42. The monoisotopic (exact) mass is 178 g/mol. The maximum absolute atomic E-state index is 5.70. The summed E-state index contributed by atoms with van der Waals surface area (Å²) in [5.41, 5.74) is 7.83. The molecule has 2 rings (SSSR count). The first kappa shape index (κ1) is 8.44. The van der Waals surface area contributed by atoms with Crippen LogP contribution in [0.25, 0.3) is 0 Å². The van der Waals surface area contributed by atoms with Gasteiger partial charge in [-0.05, 0) is 20.3 Å². The van der Waals surface area contributed by atoms with E-state index in [0.717, 1.165) is 23.5 Å². The van der Waals surface area contributed by atoms with Gasteiger partial charge in [-0.25, -0.2) is 9.97 Å². The molecule has 1 aromatic rings. The Morgan fingerprint density at radius 1 is 1.46 bits per heavy atom. The van der Waals surface area contributed by atoms with E-state index in [1.54, 1.807) is 6.33 Å². The first-order valence-electron chi connectivity index (χ1n) is 4.49. The number of aryl methyl sites for hydroxylation is 1. The number of anilines is 1. The molecule has 70 valence electrons. The van der Waals surface area contributed by atoms with Crippen LogP contribution in [0.4, 0.5) is 5.82 Å². The number of hydrogen-bond acceptors (Lipinski definition) is 4. The van der Waals surface area contributed by atoms with Crippen molar-refractivity contribution < 1.29 is 0 Å². The normalized spacial score (nSPS) is 25.8. The molecule has 13 heavy (non-hydrogen) atoms. The second-order valence-corrected chi connectivity index (χ2v) is 3.58. The van der Waals surface area contributed by atoms with E-state index in [-0.39, 0.29) is 0 Å². The van der Waals surface area contributed by atoms with Gasteiger partial charge in [0.15, 0.2) is 0 Å². The molecule has 1 aliphatic carbocycles. The summed E-state index contributed by atoms with van der Waals surface area (Å²) in [6, 6.07) is 0.711. The minimum atomic E-state index is 0.301. The minimum absolute atomic E-state index is 0.301. The van der Waals surface area contributed by atoms with E-state index in [2.05, 4.69) is 15.3 Å². The largest absolute Gasteiger partial charge is 0.365 e. The van der Waals surface area contributed by atoms with E-state index in [0.29, 0.717) is 12.1 Å². The van der Waals surface area contributed by atoms with E-state index >= 15 is 0 Å². The highest BCUT2D eigenvalue weighted by Crippen LogP contribution is 2.24. The van der Waals surface area contributed by atoms with E-state index in [4.69, 9.17) is 5.73 Å². The lowest BCUT2D eigenvalue weighted by Gasteiger charge is -2.08. The Balaban J connectivity index is 2.15. The summed E-state index contributed by atoms with van der Waals surface area (Å²) in [5.74, 6) is 0.922. The number of aromatic nitrogens is 2. The van der Waals surface area contributed by atoms with Crippen molar-refractivity contribution in [1.29, 1.82) is 0 Å². The van der Waals surface area contributed by atoms with Crippen molar-refractivity contribution in [1.82, 2.24) is 9.97 Å². The average Bonchev–Trinajstić information content (AvgIpc) is 2.77. The zero-order valence-electron chi connectivity index (χ0n) is 7.91. The molecule has 0 amide bonds. The van der Waals surface area contributed by atoms with Crippen molar-refractivity contribution >= 4 is 5.82 Å². The molecule has 2 unspecified atom stereocenters. The molecule has 1 aromatic heterocycles. The van der Waals surface area contributed by atoms with Gasteiger partial charge in [0, 0.05) is 23.3 Å². The van der Waals surface area contributed by atoms with Crippen LogP contribution in [0, 0.1) is 13.8 Å². The standard InChI is InChI=1S/C9H14N4/c1-5-6(2)11-4-12-9(5)13-8-3-7(8)10/h4,7-8H,3,10H2,1-2H3,(H,11,12,13). The van der Waals surface area contributed by atoms with Crippen molar-refractivity contribution in [3.8, 4) is 0 Å². The quantitative estimate of drug-likeness (QED) is 0.696. The van der Waals surface area contributed by atoms with Crippen LogP contribution in [0.1, 0.15) is 17.7 Å². The third-order valence-corrected chi connectivity index (χ3v) is 2.50. The van der Waals surface area contributed by atoms with Crippen LogP contribution < -0.4 is 11.1 Å². The third kappa shape index (κ3) is 1.62. The van der Waals surface area contributed by atoms with Crippen molar-refractivity contribution in [3.63, 3.8) is 0 Å². The Morgan fingerprint density at radius 3 is 2.77 bits per heavy atom. The van der Waals surface area contributed by atoms with Crippen molar-refractivity contribution in [2.45, 2.75) is 32.4 Å². The van der Waals surface area contributed by atoms with Crippen molar-refractivity contribution in [2.75, 3.05) is 5.32 Å². The molecule has 4 heteroatoms. The van der Waals surface area contributed by atoms with Gasteiger partial charge in [0.2, 0.25) is 0 Å². The Kier molecular flexibility index (Phi) is 1.92. The van der Waals surface area contributed by atoms with Crippen LogP contribution in [-0.2, 0) is 0 Å². The molecule has 1 heterocycles. The Bertz CT molecular complexity index is 323. The maximum Gasteiger partial charge on any atom is 0.132 e. The summed E-state index contributed by atoms with van der Waals surface area (Å²) in [6.45, 7) is 4.00. The summed E-state index contributed by atoms with van der Waals surface area (Å²) in [5, 5.41) is 3.30. The summed E-state index contributed by atoms with van der Waals surface area (Å²) in [6.07, 6.45) is 2.63. The summed E-state index contributed by atoms with van der Waals surface area (Å²) in [4.78, 5) is 8.28. The van der Waals surface area contributed by atoms with Gasteiger partial charge in [-0.15, -0.1) is 0 Å². The Hall–Kier alpha value is -1.16. The average molecular weight is 178 g/mol. The molecule has 2 atom stereocenters. The van der Waals surface area contributed by atoms with Crippen molar-refractivity contribution in [2.24, 2.45) is 5.73 Å². The fourth-order valence-electron chi connectivity index (χ4n) is 1.24. The summed E-state index contributed by atoms with van der Waals surface area (Å²) < 4.78 is 0. The summed E-state index contributed by atoms with van der Waals surface area (Å²) >= 11 is 0. The first-order valence-corrected chi connectivity index (χ1v) is 4.49. The molecule has 3 N–H and O–H groups in total. The maximum atomic E-state index is 5.70. The number of nitrogens with one attached hydrogen (secondary N) is 1. The highest BCUT2D eigenvalue weighted by molar-refractivity contribution is 5.46. The van der Waals surface area contributed by atoms with E-state index < -0.39 is 0 Å². The fourth-order valence-corrected chi connectivity index (χ4v) is 1.24. The van der Waals surface area contributed by atoms with Crippen molar-refractivity contribution in [3.05, 3.63) is 17.6 Å². The molecule has 0 saturated heterocycles. The lowest BCUT2D eigenvalue weighted by molar-refractivity contribution is 0.975. The van der Waals surface area contributed by atoms with Crippen LogP contribution in [0.15, 0.2) is 6.33 Å². The molecule has 1 fully saturated rings. The lowest BCUT2D eigenvalue weighted by Crippen LogP contribution is -2.15. The van der Waals surface area contributed by atoms with Gasteiger partial charge in [0.25, 0.3) is 0 Å². The second kappa shape index (κ2) is 2.96. The van der Waals surface area contributed by atoms with Crippen LogP contribution >= 0.6 is 0 Å². The molecule has 0 aliphatic heterocycles. The summed E-state index contributed by atoms with van der Waals surface area (Å²) in [7, 11) is 0. The Morgan fingerprint density at radius 2 is 2.15 bits per heavy atom. The number of hydrogen-bond donors (Lipinski definition) is 2. The predicted octanol–water partition coefficient (Wildman–Crippen LogP) is 0.605. The molecule has 1 aliphatic rings. The number of nitrogens with two attached hydrogens (primary N) is 1. The highest BCUT2D eigenvalue weighted by Gasteiger charge is 2.33. The zero-order valence-corrected chi connectivity index (χ0v) is 7.91. The van der Waals surface area contributed by atoms with E-state index in [1.807, 2.05) is 13.8 Å². The van der Waals surface area contributed by atoms with Crippen LogP contribution in [0.2, 0.25) is 0 Å². The van der Waals surface area contributed by atoms with E-state index in [1.165, 1.54) is 0 Å². The predicted molar refractivity (Wildman–Crippen MR) is 51.5 cm³/mol. The highest BCUT2D eigenvalue weighted by atomic mass is 15.1. The van der Waals surface area contributed by atoms with Crippen LogP contribution in [-0.4, -0.2) is 22.1 Å². The number of nitrogens with zero attached hydrogens (tertiary/aromatic N) is 2. The molecule has 0 spiro atoms. The van der Waals surface area contributed by atoms with Crippen LogP contribution in [0.3, 0.4) is 0 Å². The molecule has 1 saturated carbocycles. The molecule has 0 radical (unpaired) electrons. The molecule has 0 bridgehead atoms. The SMILES string of the molecule is Cc1ncnc(NC2CC2N)c1C. The fraction of sp³-hybridized carbons (Fsp3) is 0.556. The van der Waals surface area contributed by atoms with Crippen LogP contribution in [0.5, 0.6) is 0 Å². The van der Waals surface area contributed by atoms with Gasteiger partial charge in [-0.2, -0.15) is 0 Å². The molecular formula is C9H14N4. The second-order valence-electron chi connectivity index (χ2n) is 3.58. The first-order chi connectivity index (χ1) is 6.18.